The molecule has 0 aliphatic carbocycles. The van der Waals surface area contributed by atoms with Gasteiger partial charge in [-0.25, -0.2) is 9.97 Å². The number of imidazole rings is 1. The predicted octanol–water partition coefficient (Wildman–Crippen LogP) is 2.90. The minimum Gasteiger partial charge on any atom is -0.312 e. The van der Waals surface area contributed by atoms with Crippen molar-refractivity contribution < 1.29 is 0 Å². The van der Waals surface area contributed by atoms with Gasteiger partial charge in [0.05, 0.1) is 0 Å². The van der Waals surface area contributed by atoms with E-state index in [0.717, 1.165) is 24.3 Å². The number of pyridine rings is 1. The highest BCUT2D eigenvalue weighted by atomic mass is 15.2. The van der Waals surface area contributed by atoms with Crippen molar-refractivity contribution in [3.05, 3.63) is 24.2 Å². The quantitative estimate of drug-likeness (QED) is 0.861. The van der Waals surface area contributed by atoms with Gasteiger partial charge in [0.2, 0.25) is 0 Å². The average molecular weight is 272 g/mol. The third kappa shape index (κ3) is 2.57. The van der Waals surface area contributed by atoms with Crippen molar-refractivity contribution in [3.63, 3.8) is 0 Å². The SMILES string of the molecule is CC(C)Cn1c(C2CCCN(C)C2)nc2cccnc21. The van der Waals surface area contributed by atoms with Gasteiger partial charge in [-0.15, -0.1) is 0 Å². The first-order valence-electron chi connectivity index (χ1n) is 7.65. The number of aromatic nitrogens is 3. The van der Waals surface area contributed by atoms with Crippen LogP contribution in [-0.2, 0) is 6.54 Å². The normalized spacial score (nSPS) is 20.9. The van der Waals surface area contributed by atoms with Gasteiger partial charge in [0.25, 0.3) is 0 Å². The summed E-state index contributed by atoms with van der Waals surface area (Å²) in [5, 5.41) is 0. The lowest BCUT2D eigenvalue weighted by atomic mass is 9.97. The number of hydrogen-bond donors (Lipinski definition) is 0. The molecule has 2 aromatic heterocycles. The highest BCUT2D eigenvalue weighted by molar-refractivity contribution is 5.71. The summed E-state index contributed by atoms with van der Waals surface area (Å²) in [5.41, 5.74) is 2.08. The van der Waals surface area contributed by atoms with Crippen molar-refractivity contribution >= 4 is 11.2 Å². The van der Waals surface area contributed by atoms with Crippen molar-refractivity contribution in [2.75, 3.05) is 20.1 Å². The van der Waals surface area contributed by atoms with Crippen LogP contribution in [0.25, 0.3) is 11.2 Å². The van der Waals surface area contributed by atoms with Crippen LogP contribution in [0.3, 0.4) is 0 Å². The molecule has 3 heterocycles. The number of nitrogens with zero attached hydrogens (tertiary/aromatic N) is 4. The van der Waals surface area contributed by atoms with Gasteiger partial charge in [-0.05, 0) is 44.5 Å². The van der Waals surface area contributed by atoms with Crippen LogP contribution in [0.1, 0.15) is 38.4 Å². The lowest BCUT2D eigenvalue weighted by Gasteiger charge is -2.29. The summed E-state index contributed by atoms with van der Waals surface area (Å²) in [6.07, 6.45) is 4.38. The van der Waals surface area contributed by atoms with Crippen LogP contribution in [0.5, 0.6) is 0 Å². The van der Waals surface area contributed by atoms with E-state index < -0.39 is 0 Å². The van der Waals surface area contributed by atoms with Crippen molar-refractivity contribution in [2.24, 2.45) is 5.92 Å². The third-order valence-electron chi connectivity index (χ3n) is 4.07. The van der Waals surface area contributed by atoms with E-state index >= 15 is 0 Å². The number of likely N-dealkylation sites (tertiary alicyclic amines) is 1. The maximum absolute atomic E-state index is 4.90. The van der Waals surface area contributed by atoms with Gasteiger partial charge in [0.1, 0.15) is 11.3 Å². The fraction of sp³-hybridized carbons (Fsp3) is 0.625. The van der Waals surface area contributed by atoms with Crippen LogP contribution in [0.2, 0.25) is 0 Å². The molecule has 1 fully saturated rings. The molecule has 1 aliphatic rings. The fourth-order valence-electron chi connectivity index (χ4n) is 3.21. The lowest BCUT2D eigenvalue weighted by molar-refractivity contribution is 0.242. The molecule has 0 spiro atoms. The first-order chi connectivity index (χ1) is 9.65. The molecule has 0 aromatic carbocycles. The van der Waals surface area contributed by atoms with Gasteiger partial charge >= 0.3 is 0 Å². The van der Waals surface area contributed by atoms with Crippen molar-refractivity contribution in [1.82, 2.24) is 19.4 Å². The first kappa shape index (κ1) is 13.6. The van der Waals surface area contributed by atoms with E-state index in [2.05, 4.69) is 41.4 Å². The molecule has 1 aliphatic heterocycles. The first-order valence-corrected chi connectivity index (χ1v) is 7.65. The standard InChI is InChI=1S/C16H24N4/c1-12(2)10-20-15(13-6-5-9-19(3)11-13)18-14-7-4-8-17-16(14)20/h4,7-8,12-13H,5-6,9-11H2,1-3H3. The minimum absolute atomic E-state index is 0.543. The van der Waals surface area contributed by atoms with E-state index in [0.29, 0.717) is 11.8 Å². The van der Waals surface area contributed by atoms with E-state index in [-0.39, 0.29) is 0 Å². The molecule has 4 nitrogen and oxygen atoms in total. The average Bonchev–Trinajstić information content (AvgIpc) is 2.77. The Hall–Kier alpha value is -1.42. The van der Waals surface area contributed by atoms with Gasteiger partial charge in [0, 0.05) is 25.2 Å². The van der Waals surface area contributed by atoms with Crippen LogP contribution < -0.4 is 0 Å². The smallest absolute Gasteiger partial charge is 0.160 e. The molecule has 0 radical (unpaired) electrons. The van der Waals surface area contributed by atoms with Crippen molar-refractivity contribution in [3.8, 4) is 0 Å². The van der Waals surface area contributed by atoms with Gasteiger partial charge in [-0.3, -0.25) is 0 Å². The second-order valence-electron chi connectivity index (χ2n) is 6.42. The molecule has 1 unspecified atom stereocenters. The summed E-state index contributed by atoms with van der Waals surface area (Å²) >= 11 is 0. The third-order valence-corrected chi connectivity index (χ3v) is 4.07. The molecule has 0 bridgehead atoms. The van der Waals surface area contributed by atoms with E-state index in [1.165, 1.54) is 25.2 Å². The molecule has 1 saturated heterocycles. The molecule has 3 rings (SSSR count). The molecule has 0 saturated carbocycles. The Labute approximate surface area is 120 Å². The molecule has 108 valence electrons. The van der Waals surface area contributed by atoms with Gasteiger partial charge in [-0.2, -0.15) is 0 Å². The summed E-state index contributed by atoms with van der Waals surface area (Å²) in [4.78, 5) is 11.9. The molecule has 0 N–H and O–H groups in total. The molecular formula is C16H24N4. The van der Waals surface area contributed by atoms with Crippen LogP contribution in [0.4, 0.5) is 0 Å². The number of fused-ring (bicyclic) bond motifs is 1. The molecule has 20 heavy (non-hydrogen) atoms. The number of rotatable bonds is 3. The summed E-state index contributed by atoms with van der Waals surface area (Å²) < 4.78 is 2.35. The second-order valence-corrected chi connectivity index (χ2v) is 6.42. The minimum atomic E-state index is 0.543. The number of likely N-dealkylation sites (N-methyl/N-ethyl adjacent to an activating group) is 1. The van der Waals surface area contributed by atoms with E-state index in [9.17, 15) is 0 Å². The summed E-state index contributed by atoms with van der Waals surface area (Å²) in [6, 6.07) is 4.06. The molecular weight excluding hydrogens is 248 g/mol. The zero-order valence-corrected chi connectivity index (χ0v) is 12.7. The zero-order valence-electron chi connectivity index (χ0n) is 12.7. The van der Waals surface area contributed by atoms with Crippen molar-refractivity contribution in [2.45, 2.75) is 39.2 Å². The highest BCUT2D eigenvalue weighted by Crippen LogP contribution is 2.28. The van der Waals surface area contributed by atoms with E-state index in [1.807, 2.05) is 12.3 Å². The lowest BCUT2D eigenvalue weighted by Crippen LogP contribution is -2.32. The Morgan fingerprint density at radius 2 is 2.25 bits per heavy atom. The molecule has 0 amide bonds. The van der Waals surface area contributed by atoms with Crippen LogP contribution in [-0.4, -0.2) is 39.6 Å². The Bertz CT molecular complexity index is 587. The Morgan fingerprint density at radius 3 is 3.00 bits per heavy atom. The number of hydrogen-bond acceptors (Lipinski definition) is 3. The van der Waals surface area contributed by atoms with Crippen molar-refractivity contribution in [1.29, 1.82) is 0 Å². The van der Waals surface area contributed by atoms with E-state index in [4.69, 9.17) is 4.98 Å². The fourth-order valence-corrected chi connectivity index (χ4v) is 3.21. The molecule has 1 atom stereocenters. The van der Waals surface area contributed by atoms with Gasteiger partial charge in [0.15, 0.2) is 5.65 Å². The monoisotopic (exact) mass is 272 g/mol. The predicted molar refractivity (Wildman–Crippen MR) is 81.8 cm³/mol. The topological polar surface area (TPSA) is 34.0 Å². The zero-order chi connectivity index (χ0) is 14.1. The van der Waals surface area contributed by atoms with E-state index in [1.54, 1.807) is 0 Å². The van der Waals surface area contributed by atoms with Gasteiger partial charge < -0.3 is 9.47 Å². The number of piperidine rings is 1. The summed E-state index contributed by atoms with van der Waals surface area (Å²) in [6.45, 7) is 7.83. The second kappa shape index (κ2) is 5.52. The summed E-state index contributed by atoms with van der Waals surface area (Å²) in [5.74, 6) is 2.38. The Balaban J connectivity index is 2.04. The Kier molecular flexibility index (Phi) is 3.74. The van der Waals surface area contributed by atoms with Crippen LogP contribution in [0, 0.1) is 5.92 Å². The molecule has 2 aromatic rings. The van der Waals surface area contributed by atoms with Gasteiger partial charge in [-0.1, -0.05) is 13.8 Å². The molecule has 4 heteroatoms. The maximum Gasteiger partial charge on any atom is 0.160 e. The maximum atomic E-state index is 4.90. The largest absolute Gasteiger partial charge is 0.312 e. The van der Waals surface area contributed by atoms with Crippen LogP contribution in [0.15, 0.2) is 18.3 Å². The summed E-state index contributed by atoms with van der Waals surface area (Å²) in [7, 11) is 2.21. The van der Waals surface area contributed by atoms with Crippen LogP contribution >= 0.6 is 0 Å². The Morgan fingerprint density at radius 1 is 1.40 bits per heavy atom. The highest BCUT2D eigenvalue weighted by Gasteiger charge is 2.25.